The Morgan fingerprint density at radius 1 is 1.08 bits per heavy atom. The zero-order chi connectivity index (χ0) is 17.6. The second-order valence-electron chi connectivity index (χ2n) is 5.23. The number of hydrogen-bond acceptors (Lipinski definition) is 5. The maximum Gasteiger partial charge on any atom is 0.195 e. The summed E-state index contributed by atoms with van der Waals surface area (Å²) in [4.78, 5) is 21.2. The lowest BCUT2D eigenvalue weighted by Crippen LogP contribution is -2.02. The standard InChI is InChI=1S/C18H25N2O3P/c1-3-16-8-10-17(11-9-16)14-19-22-12-6-4-5-7-13-23-20-15(2)18(21)24/h3,8-11,14H,1,4-7,12-13,24H2,2H3/b19-14+,20-15-. The summed E-state index contributed by atoms with van der Waals surface area (Å²) >= 11 is 0. The van der Waals surface area contributed by atoms with E-state index in [9.17, 15) is 4.79 Å². The van der Waals surface area contributed by atoms with Gasteiger partial charge in [-0.25, -0.2) is 0 Å². The lowest BCUT2D eigenvalue weighted by molar-refractivity contribution is -0.105. The van der Waals surface area contributed by atoms with Gasteiger partial charge < -0.3 is 9.68 Å². The summed E-state index contributed by atoms with van der Waals surface area (Å²) in [6, 6.07) is 7.91. The second-order valence-corrected chi connectivity index (χ2v) is 5.75. The molecule has 24 heavy (non-hydrogen) atoms. The Morgan fingerprint density at radius 3 is 2.25 bits per heavy atom. The normalized spacial score (nSPS) is 11.5. The molecule has 0 aliphatic heterocycles. The molecule has 0 N–H and O–H groups in total. The van der Waals surface area contributed by atoms with Gasteiger partial charge in [-0.15, -0.1) is 0 Å². The van der Waals surface area contributed by atoms with Crippen LogP contribution in [0.2, 0.25) is 0 Å². The number of rotatable bonds is 12. The number of hydrogen-bond donors (Lipinski definition) is 0. The maximum atomic E-state index is 10.9. The third-order valence-electron chi connectivity index (χ3n) is 3.23. The Hall–Kier alpha value is -2.00. The van der Waals surface area contributed by atoms with Gasteiger partial charge in [0.15, 0.2) is 5.52 Å². The maximum absolute atomic E-state index is 10.9. The van der Waals surface area contributed by atoms with E-state index in [1.54, 1.807) is 19.2 Å². The average Bonchev–Trinajstić information content (AvgIpc) is 2.59. The molecule has 1 rings (SSSR count). The summed E-state index contributed by atoms with van der Waals surface area (Å²) < 4.78 is 0. The Kier molecular flexibility index (Phi) is 10.4. The van der Waals surface area contributed by atoms with Crippen molar-refractivity contribution >= 4 is 32.8 Å². The van der Waals surface area contributed by atoms with Gasteiger partial charge in [0.2, 0.25) is 0 Å². The van der Waals surface area contributed by atoms with Crippen LogP contribution in [-0.4, -0.2) is 30.7 Å². The van der Waals surface area contributed by atoms with Gasteiger partial charge in [-0.1, -0.05) is 56.5 Å². The van der Waals surface area contributed by atoms with E-state index in [1.165, 1.54) is 0 Å². The molecule has 1 atom stereocenters. The summed E-state index contributed by atoms with van der Waals surface area (Å²) in [6.45, 7) is 6.46. The molecule has 130 valence electrons. The summed E-state index contributed by atoms with van der Waals surface area (Å²) in [5, 5.41) is 7.67. The quantitative estimate of drug-likeness (QED) is 0.248. The third-order valence-corrected chi connectivity index (χ3v) is 3.65. The van der Waals surface area contributed by atoms with Crippen LogP contribution >= 0.6 is 9.24 Å². The largest absolute Gasteiger partial charge is 0.396 e. The summed E-state index contributed by atoms with van der Waals surface area (Å²) in [6.07, 6.45) is 7.42. The van der Waals surface area contributed by atoms with Crippen molar-refractivity contribution in [2.24, 2.45) is 10.3 Å². The SMILES string of the molecule is C=Cc1ccc(/C=N/OCCCCCCO/N=C(/C)C(=O)P)cc1. The molecule has 1 unspecified atom stereocenters. The van der Waals surface area contributed by atoms with Crippen LogP contribution in [0.1, 0.15) is 43.7 Å². The molecule has 0 heterocycles. The molecule has 0 fully saturated rings. The molecule has 0 saturated carbocycles. The van der Waals surface area contributed by atoms with Gasteiger partial charge in [-0.2, -0.15) is 0 Å². The Morgan fingerprint density at radius 2 is 1.67 bits per heavy atom. The van der Waals surface area contributed by atoms with Crippen molar-refractivity contribution in [3.05, 3.63) is 42.0 Å². The Balaban J connectivity index is 2.00. The predicted molar refractivity (Wildman–Crippen MR) is 102 cm³/mol. The van der Waals surface area contributed by atoms with E-state index in [2.05, 4.69) is 26.1 Å². The number of oxime groups is 2. The Bertz CT molecular complexity index is 568. The second kappa shape index (κ2) is 12.4. The molecule has 0 bridgehead atoms. The van der Waals surface area contributed by atoms with Gasteiger partial charge >= 0.3 is 0 Å². The van der Waals surface area contributed by atoms with E-state index in [0.29, 0.717) is 18.9 Å². The fourth-order valence-electron chi connectivity index (χ4n) is 1.74. The minimum atomic E-state index is -0.149. The van der Waals surface area contributed by atoms with Crippen molar-refractivity contribution in [1.82, 2.24) is 0 Å². The highest BCUT2D eigenvalue weighted by atomic mass is 31.0. The van der Waals surface area contributed by atoms with Crippen molar-refractivity contribution in [2.45, 2.75) is 32.6 Å². The average molecular weight is 348 g/mol. The molecule has 5 nitrogen and oxygen atoms in total. The fourth-order valence-corrected chi connectivity index (χ4v) is 1.80. The summed E-state index contributed by atoms with van der Waals surface area (Å²) in [5.74, 6) is 0. The summed E-state index contributed by atoms with van der Waals surface area (Å²) in [5.41, 5.74) is 2.30. The van der Waals surface area contributed by atoms with Gasteiger partial charge in [0.1, 0.15) is 18.9 Å². The van der Waals surface area contributed by atoms with Crippen molar-refractivity contribution in [1.29, 1.82) is 0 Å². The van der Waals surface area contributed by atoms with E-state index < -0.39 is 0 Å². The van der Waals surface area contributed by atoms with Crippen LogP contribution in [0.4, 0.5) is 0 Å². The number of nitrogens with zero attached hydrogens (tertiary/aromatic N) is 2. The van der Waals surface area contributed by atoms with E-state index in [1.807, 2.05) is 24.3 Å². The van der Waals surface area contributed by atoms with Crippen LogP contribution in [0.5, 0.6) is 0 Å². The van der Waals surface area contributed by atoms with Crippen LogP contribution in [0.15, 0.2) is 41.2 Å². The van der Waals surface area contributed by atoms with Crippen LogP contribution in [0.3, 0.4) is 0 Å². The first-order valence-corrected chi connectivity index (χ1v) is 8.55. The van der Waals surface area contributed by atoms with Gasteiger partial charge in [-0.05, 0) is 43.7 Å². The minimum Gasteiger partial charge on any atom is -0.396 e. The van der Waals surface area contributed by atoms with Crippen LogP contribution < -0.4 is 0 Å². The fraction of sp³-hybridized carbons (Fsp3) is 0.389. The molecule has 0 spiro atoms. The van der Waals surface area contributed by atoms with Crippen molar-refractivity contribution in [2.75, 3.05) is 13.2 Å². The predicted octanol–water partition coefficient (Wildman–Crippen LogP) is 4.03. The van der Waals surface area contributed by atoms with Crippen molar-refractivity contribution in [3.63, 3.8) is 0 Å². The molecule has 6 heteroatoms. The molecule has 0 saturated heterocycles. The highest BCUT2D eigenvalue weighted by molar-refractivity contribution is 7.45. The monoisotopic (exact) mass is 348 g/mol. The van der Waals surface area contributed by atoms with E-state index in [0.717, 1.165) is 36.8 Å². The van der Waals surface area contributed by atoms with Crippen molar-refractivity contribution in [3.8, 4) is 0 Å². The van der Waals surface area contributed by atoms with E-state index >= 15 is 0 Å². The van der Waals surface area contributed by atoms with Crippen LogP contribution in [0.25, 0.3) is 6.08 Å². The molecule has 0 aliphatic carbocycles. The third kappa shape index (κ3) is 9.21. The van der Waals surface area contributed by atoms with Gasteiger partial charge in [0, 0.05) is 0 Å². The molecular formula is C18H25N2O3P. The number of carbonyl (C=O) groups excluding carboxylic acids is 1. The number of unbranched alkanes of at least 4 members (excludes halogenated alkanes) is 3. The molecule has 1 aromatic carbocycles. The molecule has 0 aromatic heterocycles. The highest BCUT2D eigenvalue weighted by Gasteiger charge is 1.97. The molecule has 1 aromatic rings. The first-order chi connectivity index (χ1) is 11.6. The molecular weight excluding hydrogens is 323 g/mol. The van der Waals surface area contributed by atoms with Crippen LogP contribution in [-0.2, 0) is 14.5 Å². The highest BCUT2D eigenvalue weighted by Crippen LogP contribution is 2.04. The smallest absolute Gasteiger partial charge is 0.195 e. The van der Waals surface area contributed by atoms with Gasteiger partial charge in [-0.3, -0.25) is 4.79 Å². The molecule has 0 aliphatic rings. The first kappa shape index (κ1) is 20.0. The van der Waals surface area contributed by atoms with E-state index in [-0.39, 0.29) is 5.52 Å². The zero-order valence-corrected chi connectivity index (χ0v) is 15.3. The lowest BCUT2D eigenvalue weighted by Gasteiger charge is -2.01. The first-order valence-electron chi connectivity index (χ1n) is 7.97. The number of carbonyl (C=O) groups is 1. The van der Waals surface area contributed by atoms with Crippen LogP contribution in [0, 0.1) is 0 Å². The number of benzene rings is 1. The molecule has 0 amide bonds. The van der Waals surface area contributed by atoms with Gasteiger partial charge in [0.25, 0.3) is 0 Å². The van der Waals surface area contributed by atoms with Gasteiger partial charge in [0.05, 0.1) is 6.21 Å². The summed E-state index contributed by atoms with van der Waals surface area (Å²) in [7, 11) is 2.07. The zero-order valence-electron chi connectivity index (χ0n) is 14.1. The minimum absolute atomic E-state index is 0.149. The molecule has 0 radical (unpaired) electrons. The van der Waals surface area contributed by atoms with Crippen molar-refractivity contribution < 1.29 is 14.5 Å². The Labute approximate surface area is 146 Å². The van der Waals surface area contributed by atoms with E-state index in [4.69, 9.17) is 9.68 Å². The topological polar surface area (TPSA) is 60.2 Å². The lowest BCUT2D eigenvalue weighted by atomic mass is 10.1.